The monoisotopic (exact) mass is 293 g/mol. The van der Waals surface area contributed by atoms with Crippen LogP contribution in [0.1, 0.15) is 38.8 Å². The van der Waals surface area contributed by atoms with E-state index in [1.165, 1.54) is 0 Å². The molecule has 2 rings (SSSR count). The number of hydrogen-bond acceptors (Lipinski definition) is 5. The largest absolute Gasteiger partial charge is 0.482 e. The van der Waals surface area contributed by atoms with Crippen molar-refractivity contribution < 1.29 is 9.66 Å². The van der Waals surface area contributed by atoms with Crippen molar-refractivity contribution in [2.75, 3.05) is 7.05 Å². The molecule has 0 bridgehead atoms. The Hall–Kier alpha value is -1.69. The quantitative estimate of drug-likeness (QED) is 0.644. The van der Waals surface area contributed by atoms with Crippen LogP contribution in [-0.4, -0.2) is 29.1 Å². The van der Waals surface area contributed by atoms with E-state index in [0.29, 0.717) is 11.7 Å². The smallest absolute Gasteiger partial charge is 0.406 e. The molecule has 0 spiro atoms. The number of nitro groups is 1. The second kappa shape index (κ2) is 5.97. The van der Waals surface area contributed by atoms with E-state index in [1.807, 2.05) is 7.05 Å². The lowest BCUT2D eigenvalue weighted by Gasteiger charge is -2.54. The van der Waals surface area contributed by atoms with Crippen molar-refractivity contribution in [2.24, 2.45) is 5.41 Å². The third-order valence-electron chi connectivity index (χ3n) is 4.87. The van der Waals surface area contributed by atoms with Gasteiger partial charge in [0.1, 0.15) is 11.8 Å². The summed E-state index contributed by atoms with van der Waals surface area (Å²) in [5.41, 5.74) is 0.654. The fourth-order valence-corrected chi connectivity index (χ4v) is 3.42. The molecule has 1 fully saturated rings. The molecule has 0 aliphatic heterocycles. The highest BCUT2D eigenvalue weighted by Crippen LogP contribution is 2.49. The van der Waals surface area contributed by atoms with Gasteiger partial charge in [0.05, 0.1) is 0 Å². The predicted octanol–water partition coefficient (Wildman–Crippen LogP) is 2.84. The summed E-state index contributed by atoms with van der Waals surface area (Å²) in [6.07, 6.45) is 2.82. The molecule has 116 valence electrons. The molecule has 21 heavy (non-hydrogen) atoms. The van der Waals surface area contributed by atoms with Crippen molar-refractivity contribution in [2.45, 2.75) is 52.2 Å². The summed E-state index contributed by atoms with van der Waals surface area (Å²) in [6.45, 7) is 6.02. The van der Waals surface area contributed by atoms with Crippen LogP contribution < -0.4 is 10.1 Å². The minimum absolute atomic E-state index is 0.00634. The Morgan fingerprint density at radius 2 is 2.14 bits per heavy atom. The van der Waals surface area contributed by atoms with Gasteiger partial charge in [-0.25, -0.2) is 0 Å². The van der Waals surface area contributed by atoms with Crippen LogP contribution in [0.15, 0.2) is 12.1 Å². The van der Waals surface area contributed by atoms with E-state index >= 15 is 0 Å². The maximum atomic E-state index is 11.1. The lowest BCUT2D eigenvalue weighted by molar-refractivity contribution is -0.391. The third kappa shape index (κ3) is 2.60. The molecule has 6 heteroatoms. The molecule has 1 aromatic heterocycles. The summed E-state index contributed by atoms with van der Waals surface area (Å²) in [4.78, 5) is 14.6. The highest BCUT2D eigenvalue weighted by Gasteiger charge is 2.54. The van der Waals surface area contributed by atoms with Crippen molar-refractivity contribution in [3.63, 3.8) is 0 Å². The van der Waals surface area contributed by atoms with Gasteiger partial charge in [-0.1, -0.05) is 13.8 Å². The summed E-state index contributed by atoms with van der Waals surface area (Å²) >= 11 is 0. The zero-order valence-corrected chi connectivity index (χ0v) is 13.0. The Balaban J connectivity index is 2.25. The summed E-state index contributed by atoms with van der Waals surface area (Å²) in [6, 6.07) is 3.80. The standard InChI is InChI=1S/C15H23N3O3/c1-5-15(6-2)12(16-4)9-13(15)21-11-8-7-10(3)17-14(11)18(19)20/h7-8,12-13,16H,5-6,9H2,1-4H3. The van der Waals surface area contributed by atoms with Gasteiger partial charge in [-0.15, -0.1) is 0 Å². The van der Waals surface area contributed by atoms with Gasteiger partial charge < -0.3 is 20.2 Å². The minimum Gasteiger partial charge on any atom is -0.482 e. The first-order valence-electron chi connectivity index (χ1n) is 7.44. The number of nitrogens with zero attached hydrogens (tertiary/aromatic N) is 2. The van der Waals surface area contributed by atoms with Crippen LogP contribution in [0.2, 0.25) is 0 Å². The lowest BCUT2D eigenvalue weighted by Crippen LogP contribution is -2.63. The van der Waals surface area contributed by atoms with E-state index in [2.05, 4.69) is 24.1 Å². The first kappa shape index (κ1) is 15.7. The predicted molar refractivity (Wildman–Crippen MR) is 80.5 cm³/mol. The molecule has 6 nitrogen and oxygen atoms in total. The topological polar surface area (TPSA) is 77.3 Å². The number of aryl methyl sites for hydroxylation is 1. The molecule has 0 aromatic carbocycles. The molecule has 1 heterocycles. The van der Waals surface area contributed by atoms with Crippen LogP contribution in [0.4, 0.5) is 5.82 Å². The highest BCUT2D eigenvalue weighted by molar-refractivity contribution is 5.41. The Bertz CT molecular complexity index is 529. The maximum Gasteiger partial charge on any atom is 0.406 e. The zero-order chi connectivity index (χ0) is 15.6. The van der Waals surface area contributed by atoms with Crippen LogP contribution in [-0.2, 0) is 0 Å². The van der Waals surface area contributed by atoms with Crippen molar-refractivity contribution in [3.05, 3.63) is 27.9 Å². The number of aromatic nitrogens is 1. The summed E-state index contributed by atoms with van der Waals surface area (Å²) in [5, 5.41) is 14.5. The molecule has 0 amide bonds. The van der Waals surface area contributed by atoms with E-state index in [9.17, 15) is 10.1 Å². The number of hydrogen-bond donors (Lipinski definition) is 1. The van der Waals surface area contributed by atoms with Crippen LogP contribution >= 0.6 is 0 Å². The summed E-state index contributed by atoms with van der Waals surface area (Å²) in [5.74, 6) is 0.0837. The highest BCUT2D eigenvalue weighted by atomic mass is 16.6. The molecule has 1 aliphatic carbocycles. The lowest BCUT2D eigenvalue weighted by atomic mass is 9.58. The van der Waals surface area contributed by atoms with Gasteiger partial charge in [0.2, 0.25) is 5.75 Å². The first-order valence-corrected chi connectivity index (χ1v) is 7.44. The Kier molecular flexibility index (Phi) is 4.46. The molecule has 2 atom stereocenters. The molecular formula is C15H23N3O3. The molecule has 1 aromatic rings. The summed E-state index contributed by atoms with van der Waals surface area (Å²) in [7, 11) is 1.96. The van der Waals surface area contributed by atoms with Crippen LogP contribution in [0, 0.1) is 22.5 Å². The van der Waals surface area contributed by atoms with Crippen molar-refractivity contribution in [1.29, 1.82) is 0 Å². The van der Waals surface area contributed by atoms with E-state index in [4.69, 9.17) is 4.74 Å². The average molecular weight is 293 g/mol. The second-order valence-electron chi connectivity index (χ2n) is 5.66. The number of pyridine rings is 1. The van der Waals surface area contributed by atoms with Gasteiger partial charge >= 0.3 is 5.82 Å². The van der Waals surface area contributed by atoms with Crippen LogP contribution in [0.25, 0.3) is 0 Å². The molecule has 1 aliphatic rings. The van der Waals surface area contributed by atoms with Crippen molar-refractivity contribution in [3.8, 4) is 5.75 Å². The number of ether oxygens (including phenoxy) is 1. The minimum atomic E-state index is -0.476. The number of nitrogens with one attached hydrogen (secondary N) is 1. The normalized spacial score (nSPS) is 23.4. The maximum absolute atomic E-state index is 11.1. The Morgan fingerprint density at radius 1 is 1.48 bits per heavy atom. The average Bonchev–Trinajstić information content (AvgIpc) is 2.45. The zero-order valence-electron chi connectivity index (χ0n) is 13.0. The van der Waals surface area contributed by atoms with E-state index < -0.39 is 4.92 Å². The van der Waals surface area contributed by atoms with Gasteiger partial charge in [-0.05, 0) is 41.9 Å². The van der Waals surface area contributed by atoms with Gasteiger partial charge in [-0.2, -0.15) is 0 Å². The molecular weight excluding hydrogens is 270 g/mol. The molecule has 0 radical (unpaired) electrons. The Morgan fingerprint density at radius 3 is 2.67 bits per heavy atom. The SMILES string of the molecule is CCC1(CC)C(NC)CC1Oc1ccc(C)nc1[N+](=O)[O-]. The van der Waals surface area contributed by atoms with Gasteiger partial charge in [0, 0.05) is 24.8 Å². The fraction of sp³-hybridized carbons (Fsp3) is 0.667. The van der Waals surface area contributed by atoms with Crippen LogP contribution in [0.5, 0.6) is 5.75 Å². The van der Waals surface area contributed by atoms with Crippen LogP contribution in [0.3, 0.4) is 0 Å². The van der Waals surface area contributed by atoms with Gasteiger partial charge in [0.25, 0.3) is 0 Å². The molecule has 1 saturated carbocycles. The second-order valence-corrected chi connectivity index (χ2v) is 5.66. The molecule has 0 saturated heterocycles. The summed E-state index contributed by atoms with van der Waals surface area (Å²) < 4.78 is 5.98. The first-order chi connectivity index (χ1) is 9.98. The Labute approximate surface area is 125 Å². The third-order valence-corrected chi connectivity index (χ3v) is 4.87. The van der Waals surface area contributed by atoms with Gasteiger partial charge in [0.15, 0.2) is 0 Å². The molecule has 1 N–H and O–H groups in total. The van der Waals surface area contributed by atoms with E-state index in [-0.39, 0.29) is 23.1 Å². The number of rotatable bonds is 6. The van der Waals surface area contributed by atoms with Crippen molar-refractivity contribution >= 4 is 5.82 Å². The van der Waals surface area contributed by atoms with E-state index in [1.54, 1.807) is 19.1 Å². The molecule has 2 unspecified atom stereocenters. The van der Waals surface area contributed by atoms with Crippen molar-refractivity contribution in [1.82, 2.24) is 10.3 Å². The fourth-order valence-electron chi connectivity index (χ4n) is 3.42. The van der Waals surface area contributed by atoms with E-state index in [0.717, 1.165) is 19.3 Å². The van der Waals surface area contributed by atoms with Gasteiger partial charge in [-0.3, -0.25) is 0 Å².